The van der Waals surface area contributed by atoms with Crippen LogP contribution < -0.4 is 0 Å². The van der Waals surface area contributed by atoms with Crippen LogP contribution in [0.15, 0.2) is 47.0 Å². The van der Waals surface area contributed by atoms with Crippen molar-refractivity contribution in [3.05, 3.63) is 52.5 Å². The smallest absolute Gasteiger partial charge is 0.287 e. The van der Waals surface area contributed by atoms with Gasteiger partial charge in [-0.2, -0.15) is 0 Å². The molecule has 0 aliphatic carbocycles. The fourth-order valence-corrected chi connectivity index (χ4v) is 2.80. The first-order valence-corrected chi connectivity index (χ1v) is 7.46. The SMILES string of the molecule is Cc1cc([N+](=O)[O-])cnc1Sc1nnc(-c2ccncc2)n1C. The van der Waals surface area contributed by atoms with Crippen LogP contribution >= 0.6 is 11.8 Å². The summed E-state index contributed by atoms with van der Waals surface area (Å²) >= 11 is 1.32. The first kappa shape index (κ1) is 15.1. The van der Waals surface area contributed by atoms with E-state index in [9.17, 15) is 10.1 Å². The van der Waals surface area contributed by atoms with Crippen LogP contribution in [0.5, 0.6) is 0 Å². The van der Waals surface area contributed by atoms with Gasteiger partial charge in [-0.1, -0.05) is 0 Å². The van der Waals surface area contributed by atoms with E-state index in [0.717, 1.165) is 17.0 Å². The largest absolute Gasteiger partial charge is 0.305 e. The van der Waals surface area contributed by atoms with Crippen molar-refractivity contribution >= 4 is 17.4 Å². The molecule has 23 heavy (non-hydrogen) atoms. The summed E-state index contributed by atoms with van der Waals surface area (Å²) in [6.07, 6.45) is 4.63. The molecule has 0 spiro atoms. The maximum atomic E-state index is 10.8. The molecule has 3 heterocycles. The van der Waals surface area contributed by atoms with Gasteiger partial charge in [0.05, 0.1) is 4.92 Å². The molecule has 0 amide bonds. The van der Waals surface area contributed by atoms with Crippen molar-refractivity contribution in [3.8, 4) is 11.4 Å². The molecule has 0 aliphatic heterocycles. The van der Waals surface area contributed by atoms with Crippen LogP contribution in [0.2, 0.25) is 0 Å². The number of aryl methyl sites for hydroxylation is 1. The Morgan fingerprint density at radius 3 is 2.65 bits per heavy atom. The molecule has 9 heteroatoms. The summed E-state index contributed by atoms with van der Waals surface area (Å²) in [5.74, 6) is 0.717. The minimum absolute atomic E-state index is 0.0257. The van der Waals surface area contributed by atoms with Gasteiger partial charge in [0.25, 0.3) is 5.69 Å². The molecule has 3 aromatic heterocycles. The maximum absolute atomic E-state index is 10.8. The Hall–Kier alpha value is -2.81. The third-order valence-corrected chi connectivity index (χ3v) is 4.35. The highest BCUT2D eigenvalue weighted by molar-refractivity contribution is 7.99. The van der Waals surface area contributed by atoms with Gasteiger partial charge in [0.15, 0.2) is 11.0 Å². The van der Waals surface area contributed by atoms with Crippen molar-refractivity contribution in [3.63, 3.8) is 0 Å². The molecule has 3 rings (SSSR count). The van der Waals surface area contributed by atoms with Gasteiger partial charge in [-0.15, -0.1) is 10.2 Å². The summed E-state index contributed by atoms with van der Waals surface area (Å²) in [5.41, 5.74) is 1.61. The highest BCUT2D eigenvalue weighted by Crippen LogP contribution is 2.30. The van der Waals surface area contributed by atoms with Gasteiger partial charge in [-0.05, 0) is 36.4 Å². The molecule has 0 atom stereocenters. The lowest BCUT2D eigenvalue weighted by Crippen LogP contribution is -1.96. The number of hydrogen-bond donors (Lipinski definition) is 0. The summed E-state index contributed by atoms with van der Waals surface area (Å²) in [6.45, 7) is 1.78. The van der Waals surface area contributed by atoms with Gasteiger partial charge in [0.2, 0.25) is 0 Å². The molecular weight excluding hydrogens is 316 g/mol. The van der Waals surface area contributed by atoms with Crippen LogP contribution in [0.25, 0.3) is 11.4 Å². The maximum Gasteiger partial charge on any atom is 0.287 e. The van der Waals surface area contributed by atoms with E-state index in [2.05, 4.69) is 20.2 Å². The number of nitrogens with zero attached hydrogens (tertiary/aromatic N) is 6. The zero-order valence-corrected chi connectivity index (χ0v) is 13.2. The minimum atomic E-state index is -0.460. The van der Waals surface area contributed by atoms with E-state index in [1.807, 2.05) is 23.7 Å². The zero-order valence-electron chi connectivity index (χ0n) is 12.4. The van der Waals surface area contributed by atoms with Crippen LogP contribution in [-0.4, -0.2) is 29.7 Å². The fourth-order valence-electron chi connectivity index (χ4n) is 2.00. The Morgan fingerprint density at radius 2 is 2.00 bits per heavy atom. The van der Waals surface area contributed by atoms with Gasteiger partial charge >= 0.3 is 0 Å². The quantitative estimate of drug-likeness (QED) is 0.536. The molecule has 8 nitrogen and oxygen atoms in total. The van der Waals surface area contributed by atoms with E-state index in [4.69, 9.17) is 0 Å². The second-order valence-electron chi connectivity index (χ2n) is 4.78. The van der Waals surface area contributed by atoms with E-state index in [-0.39, 0.29) is 5.69 Å². The van der Waals surface area contributed by atoms with Gasteiger partial charge in [-0.25, -0.2) is 4.98 Å². The minimum Gasteiger partial charge on any atom is -0.305 e. The lowest BCUT2D eigenvalue weighted by Gasteiger charge is -2.05. The molecule has 0 saturated heterocycles. The summed E-state index contributed by atoms with van der Waals surface area (Å²) in [6, 6.07) is 5.21. The third-order valence-electron chi connectivity index (χ3n) is 3.19. The predicted molar refractivity (Wildman–Crippen MR) is 84.0 cm³/mol. The molecule has 0 saturated carbocycles. The lowest BCUT2D eigenvalue weighted by molar-refractivity contribution is -0.385. The number of pyridine rings is 2. The predicted octanol–water partition coefficient (Wildman–Crippen LogP) is 2.64. The summed E-state index contributed by atoms with van der Waals surface area (Å²) < 4.78 is 1.85. The van der Waals surface area contributed by atoms with E-state index >= 15 is 0 Å². The molecule has 0 aliphatic rings. The number of hydrogen-bond acceptors (Lipinski definition) is 7. The van der Waals surface area contributed by atoms with Crippen molar-refractivity contribution < 1.29 is 4.92 Å². The highest BCUT2D eigenvalue weighted by atomic mass is 32.2. The van der Waals surface area contributed by atoms with Gasteiger partial charge in [0, 0.05) is 31.1 Å². The van der Waals surface area contributed by atoms with E-state index in [0.29, 0.717) is 10.2 Å². The van der Waals surface area contributed by atoms with E-state index in [1.54, 1.807) is 19.3 Å². The Bertz CT molecular complexity index is 865. The molecular formula is C14H12N6O2S. The second-order valence-corrected chi connectivity index (χ2v) is 5.73. The Morgan fingerprint density at radius 1 is 1.26 bits per heavy atom. The monoisotopic (exact) mass is 328 g/mol. The molecule has 0 N–H and O–H groups in total. The molecule has 0 bridgehead atoms. The van der Waals surface area contributed by atoms with Crippen molar-refractivity contribution in [2.75, 3.05) is 0 Å². The fraction of sp³-hybridized carbons (Fsp3) is 0.143. The molecule has 0 radical (unpaired) electrons. The second kappa shape index (κ2) is 6.13. The summed E-state index contributed by atoms with van der Waals surface area (Å²) in [7, 11) is 1.86. The average Bonchev–Trinajstić information content (AvgIpc) is 2.91. The molecule has 0 unspecified atom stereocenters. The normalized spacial score (nSPS) is 10.7. The first-order chi connectivity index (χ1) is 11.1. The van der Waals surface area contributed by atoms with Crippen LogP contribution in [-0.2, 0) is 7.05 Å². The third kappa shape index (κ3) is 3.04. The molecule has 3 aromatic rings. The lowest BCUT2D eigenvalue weighted by atomic mass is 10.2. The van der Waals surface area contributed by atoms with Crippen molar-refractivity contribution in [2.24, 2.45) is 7.05 Å². The Kier molecular flexibility index (Phi) is 4.02. The van der Waals surface area contributed by atoms with Gasteiger partial charge < -0.3 is 4.57 Å². The Labute approximate surface area is 135 Å². The van der Waals surface area contributed by atoms with Crippen LogP contribution in [0.4, 0.5) is 5.69 Å². The van der Waals surface area contributed by atoms with Crippen molar-refractivity contribution in [1.29, 1.82) is 0 Å². The standard InChI is InChI=1S/C14H12N6O2S/c1-9-7-11(20(21)22)8-16-13(9)23-14-18-17-12(19(14)2)10-3-5-15-6-4-10/h3-8H,1-2H3. The summed E-state index contributed by atoms with van der Waals surface area (Å²) in [5, 5.41) is 20.4. The van der Waals surface area contributed by atoms with Crippen LogP contribution in [0.1, 0.15) is 5.56 Å². The van der Waals surface area contributed by atoms with Crippen LogP contribution in [0.3, 0.4) is 0 Å². The summed E-state index contributed by atoms with van der Waals surface area (Å²) in [4.78, 5) is 18.4. The van der Waals surface area contributed by atoms with Crippen molar-refractivity contribution in [2.45, 2.75) is 17.1 Å². The first-order valence-electron chi connectivity index (χ1n) is 6.65. The average molecular weight is 328 g/mol. The number of aromatic nitrogens is 5. The van der Waals surface area contributed by atoms with Crippen LogP contribution in [0, 0.1) is 17.0 Å². The molecule has 0 aromatic carbocycles. The van der Waals surface area contributed by atoms with E-state index < -0.39 is 4.92 Å². The Balaban J connectivity index is 1.90. The molecule has 116 valence electrons. The van der Waals surface area contributed by atoms with Crippen molar-refractivity contribution in [1.82, 2.24) is 24.7 Å². The van der Waals surface area contributed by atoms with Gasteiger partial charge in [0.1, 0.15) is 11.2 Å². The topological polar surface area (TPSA) is 99.6 Å². The highest BCUT2D eigenvalue weighted by Gasteiger charge is 2.15. The number of rotatable bonds is 4. The zero-order chi connectivity index (χ0) is 16.4. The van der Waals surface area contributed by atoms with E-state index in [1.165, 1.54) is 24.0 Å². The molecule has 0 fully saturated rings. The number of nitro groups is 1. The van der Waals surface area contributed by atoms with Gasteiger partial charge in [-0.3, -0.25) is 15.1 Å².